The first-order valence-electron chi connectivity index (χ1n) is 11.3. The summed E-state index contributed by atoms with van der Waals surface area (Å²) in [5.41, 5.74) is 1.78. The number of ether oxygens (including phenoxy) is 1. The van der Waals surface area contributed by atoms with Gasteiger partial charge in [0.15, 0.2) is 12.4 Å². The molecule has 38 heavy (non-hydrogen) atoms. The number of carbonyl (C=O) groups is 1. The number of anilines is 1. The molecule has 0 aliphatic carbocycles. The lowest BCUT2D eigenvalue weighted by atomic mass is 10.1. The van der Waals surface area contributed by atoms with Gasteiger partial charge in [0.25, 0.3) is 11.5 Å². The van der Waals surface area contributed by atoms with Gasteiger partial charge in [0.1, 0.15) is 5.75 Å². The lowest BCUT2D eigenvalue weighted by Gasteiger charge is -2.10. The molecule has 2 aromatic heterocycles. The molecule has 192 valence electrons. The molecule has 0 bridgehead atoms. The topological polar surface area (TPSA) is 146 Å². The molecule has 5 aromatic rings. The molecule has 5 rings (SSSR count). The molecule has 3 aromatic carbocycles. The highest BCUT2D eigenvalue weighted by atomic mass is 32.2. The van der Waals surface area contributed by atoms with Crippen molar-refractivity contribution in [2.75, 3.05) is 11.9 Å². The molecule has 0 aliphatic heterocycles. The summed E-state index contributed by atoms with van der Waals surface area (Å²) >= 11 is 1.22. The van der Waals surface area contributed by atoms with Crippen LogP contribution in [0.15, 0.2) is 88.6 Å². The summed E-state index contributed by atoms with van der Waals surface area (Å²) in [6.45, 7) is -0.301. The van der Waals surface area contributed by atoms with Crippen molar-refractivity contribution in [1.29, 1.82) is 0 Å². The normalized spacial score (nSPS) is 12.1. The Labute approximate surface area is 221 Å². The fourth-order valence-electron chi connectivity index (χ4n) is 3.67. The lowest BCUT2D eigenvalue weighted by Crippen LogP contribution is -2.24. The zero-order valence-corrected chi connectivity index (χ0v) is 21.4. The van der Waals surface area contributed by atoms with Crippen LogP contribution in [-0.2, 0) is 21.2 Å². The Morgan fingerprint density at radius 3 is 2.45 bits per heavy atom. The van der Waals surface area contributed by atoms with Crippen molar-refractivity contribution in [2.24, 2.45) is 5.14 Å². The Morgan fingerprint density at radius 2 is 1.74 bits per heavy atom. The summed E-state index contributed by atoms with van der Waals surface area (Å²) in [5.74, 6) is 0.535. The standard InChI is InChI=1S/C26H21N5O5S2/c27-38(34,35)20-12-10-19(11-13-20)28-24(32)16-36-21-9-5-4-8-18(21)15-22-25(33)31-26(37-22)29-23(30-31)14-17-6-2-1-3-7-17/h1-13,15H,14,16H2,(H,28,32)(H2,27,34,35)/b22-15-. The van der Waals surface area contributed by atoms with Gasteiger partial charge in [-0.05, 0) is 42.0 Å². The van der Waals surface area contributed by atoms with Gasteiger partial charge < -0.3 is 10.1 Å². The minimum absolute atomic E-state index is 0.0578. The van der Waals surface area contributed by atoms with Gasteiger partial charge in [0.05, 0.1) is 9.43 Å². The van der Waals surface area contributed by atoms with Gasteiger partial charge in [-0.3, -0.25) is 9.59 Å². The zero-order chi connectivity index (χ0) is 26.7. The van der Waals surface area contributed by atoms with Gasteiger partial charge in [-0.15, -0.1) is 5.10 Å². The molecule has 2 heterocycles. The molecule has 10 nitrogen and oxygen atoms in total. The van der Waals surface area contributed by atoms with E-state index in [0.717, 1.165) is 5.56 Å². The van der Waals surface area contributed by atoms with E-state index >= 15 is 0 Å². The molecular weight excluding hydrogens is 526 g/mol. The molecule has 0 saturated carbocycles. The van der Waals surface area contributed by atoms with Crippen molar-refractivity contribution < 1.29 is 17.9 Å². The van der Waals surface area contributed by atoms with Crippen LogP contribution < -0.4 is 25.3 Å². The highest BCUT2D eigenvalue weighted by Gasteiger charge is 2.13. The third kappa shape index (κ3) is 5.78. The molecule has 12 heteroatoms. The highest BCUT2D eigenvalue weighted by molar-refractivity contribution is 7.89. The predicted molar refractivity (Wildman–Crippen MR) is 144 cm³/mol. The van der Waals surface area contributed by atoms with Crippen LogP contribution in [-0.4, -0.2) is 35.5 Å². The molecular formula is C26H21N5O5S2. The maximum absolute atomic E-state index is 13.0. The average Bonchev–Trinajstić information content (AvgIpc) is 3.41. The van der Waals surface area contributed by atoms with Crippen LogP contribution >= 0.6 is 11.3 Å². The number of hydrogen-bond donors (Lipinski definition) is 2. The van der Waals surface area contributed by atoms with Gasteiger partial charge in [-0.1, -0.05) is 59.9 Å². The van der Waals surface area contributed by atoms with E-state index in [4.69, 9.17) is 9.88 Å². The molecule has 1 amide bonds. The second kappa shape index (κ2) is 10.5. The number of carbonyl (C=O) groups excluding carboxylic acids is 1. The number of benzene rings is 3. The molecule has 0 aliphatic rings. The van der Waals surface area contributed by atoms with Crippen LogP contribution in [0.1, 0.15) is 17.0 Å². The van der Waals surface area contributed by atoms with Crippen molar-refractivity contribution in [3.8, 4) is 5.75 Å². The Hall–Kier alpha value is -4.39. The van der Waals surface area contributed by atoms with Crippen LogP contribution in [0.2, 0.25) is 0 Å². The van der Waals surface area contributed by atoms with Crippen molar-refractivity contribution in [3.05, 3.63) is 111 Å². The number of sulfonamides is 1. The van der Waals surface area contributed by atoms with E-state index < -0.39 is 15.9 Å². The van der Waals surface area contributed by atoms with E-state index in [1.165, 1.54) is 40.1 Å². The fourth-order valence-corrected chi connectivity index (χ4v) is 5.10. The van der Waals surface area contributed by atoms with Crippen molar-refractivity contribution in [2.45, 2.75) is 11.3 Å². The van der Waals surface area contributed by atoms with E-state index in [2.05, 4.69) is 15.4 Å². The second-order valence-corrected chi connectivity index (χ2v) is 10.8. The Kier molecular flexibility index (Phi) is 7.01. The van der Waals surface area contributed by atoms with E-state index in [1.54, 1.807) is 30.3 Å². The molecule has 3 N–H and O–H groups in total. The number of amides is 1. The predicted octanol–water partition coefficient (Wildman–Crippen LogP) is 1.95. The number of rotatable bonds is 8. The third-order valence-electron chi connectivity index (χ3n) is 5.46. The Morgan fingerprint density at radius 1 is 1.03 bits per heavy atom. The minimum Gasteiger partial charge on any atom is -0.483 e. The van der Waals surface area contributed by atoms with Crippen molar-refractivity contribution in [1.82, 2.24) is 14.6 Å². The number of thiazole rings is 1. The van der Waals surface area contributed by atoms with E-state index in [0.29, 0.717) is 38.7 Å². The van der Waals surface area contributed by atoms with E-state index in [1.807, 2.05) is 30.3 Å². The quantitative estimate of drug-likeness (QED) is 0.302. The number of primary sulfonamides is 1. The SMILES string of the molecule is NS(=O)(=O)c1ccc(NC(=O)COc2ccccc2/C=c2\sc3nc(Cc4ccccc4)nn3c2=O)cc1. The molecule has 0 fully saturated rings. The number of fused-ring (bicyclic) bond motifs is 1. The van der Waals surface area contributed by atoms with Crippen LogP contribution in [0.25, 0.3) is 11.0 Å². The molecule has 0 saturated heterocycles. The molecule has 0 spiro atoms. The van der Waals surface area contributed by atoms with Crippen molar-refractivity contribution in [3.63, 3.8) is 0 Å². The first kappa shape index (κ1) is 25.3. The van der Waals surface area contributed by atoms with Gasteiger partial charge in [0.2, 0.25) is 15.0 Å². The summed E-state index contributed by atoms with van der Waals surface area (Å²) in [6.07, 6.45) is 2.21. The van der Waals surface area contributed by atoms with Gasteiger partial charge in [-0.25, -0.2) is 18.5 Å². The van der Waals surface area contributed by atoms with Crippen LogP contribution in [0.4, 0.5) is 5.69 Å². The number of aromatic nitrogens is 3. The summed E-state index contributed by atoms with van der Waals surface area (Å²) in [7, 11) is -3.82. The summed E-state index contributed by atoms with van der Waals surface area (Å²) < 4.78 is 30.2. The zero-order valence-electron chi connectivity index (χ0n) is 19.8. The summed E-state index contributed by atoms with van der Waals surface area (Å²) in [4.78, 5) is 30.3. The summed E-state index contributed by atoms with van der Waals surface area (Å²) in [5, 5.41) is 12.1. The maximum atomic E-state index is 13.0. The maximum Gasteiger partial charge on any atom is 0.291 e. The largest absolute Gasteiger partial charge is 0.483 e. The highest BCUT2D eigenvalue weighted by Crippen LogP contribution is 2.19. The van der Waals surface area contributed by atoms with Crippen LogP contribution in [0.3, 0.4) is 0 Å². The van der Waals surface area contributed by atoms with Gasteiger partial charge >= 0.3 is 0 Å². The fraction of sp³-hybridized carbons (Fsp3) is 0.0769. The average molecular weight is 548 g/mol. The second-order valence-electron chi connectivity index (χ2n) is 8.24. The monoisotopic (exact) mass is 547 g/mol. The smallest absolute Gasteiger partial charge is 0.291 e. The number of para-hydroxylation sites is 1. The lowest BCUT2D eigenvalue weighted by molar-refractivity contribution is -0.118. The number of nitrogens with two attached hydrogens (primary N) is 1. The first-order valence-corrected chi connectivity index (χ1v) is 13.7. The van der Waals surface area contributed by atoms with E-state index in [9.17, 15) is 18.0 Å². The molecule has 0 unspecified atom stereocenters. The van der Waals surface area contributed by atoms with E-state index in [-0.39, 0.29) is 17.1 Å². The summed E-state index contributed by atoms with van der Waals surface area (Å²) in [6, 6.07) is 22.3. The van der Waals surface area contributed by atoms with Gasteiger partial charge in [-0.2, -0.15) is 4.52 Å². The third-order valence-corrected chi connectivity index (χ3v) is 7.35. The first-order chi connectivity index (χ1) is 18.3. The Bertz CT molecular complexity index is 1830. The minimum atomic E-state index is -3.82. The van der Waals surface area contributed by atoms with Crippen LogP contribution in [0, 0.1) is 0 Å². The van der Waals surface area contributed by atoms with Gasteiger partial charge in [0, 0.05) is 17.7 Å². The number of nitrogens with one attached hydrogen (secondary N) is 1. The molecule has 0 atom stereocenters. The molecule has 0 radical (unpaired) electrons. The van der Waals surface area contributed by atoms with Crippen molar-refractivity contribution >= 4 is 44.0 Å². The number of hydrogen-bond acceptors (Lipinski definition) is 8. The number of nitrogens with zero attached hydrogens (tertiary/aromatic N) is 3. The van der Waals surface area contributed by atoms with Crippen LogP contribution in [0.5, 0.6) is 5.75 Å². The Balaban J connectivity index is 1.30.